The third-order valence-corrected chi connectivity index (χ3v) is 2.96. The van der Waals surface area contributed by atoms with Crippen LogP contribution in [0.1, 0.15) is 33.2 Å². The van der Waals surface area contributed by atoms with E-state index in [-0.39, 0.29) is 29.9 Å². The predicted octanol–water partition coefficient (Wildman–Crippen LogP) is 3.36. The van der Waals surface area contributed by atoms with Crippen LogP contribution < -0.4 is 0 Å². The lowest BCUT2D eigenvalue weighted by Crippen LogP contribution is -2.14. The molecule has 0 aliphatic heterocycles. The Morgan fingerprint density at radius 2 is 1.45 bits per heavy atom. The van der Waals surface area contributed by atoms with Crippen molar-refractivity contribution in [3.8, 4) is 0 Å². The molecule has 0 aromatic heterocycles. The van der Waals surface area contributed by atoms with E-state index in [1.807, 2.05) is 0 Å². The van der Waals surface area contributed by atoms with Crippen molar-refractivity contribution in [2.24, 2.45) is 0 Å². The van der Waals surface area contributed by atoms with Crippen molar-refractivity contribution in [1.29, 1.82) is 0 Å². The zero-order valence-corrected chi connectivity index (χ0v) is 12.0. The van der Waals surface area contributed by atoms with Gasteiger partial charge in [-0.05, 0) is 25.1 Å². The van der Waals surface area contributed by atoms with Crippen molar-refractivity contribution < 1.29 is 23.5 Å². The van der Waals surface area contributed by atoms with Gasteiger partial charge in [-0.25, -0.2) is 14.0 Å². The summed E-state index contributed by atoms with van der Waals surface area (Å²) in [4.78, 5) is 23.9. The van der Waals surface area contributed by atoms with E-state index in [4.69, 9.17) is 9.47 Å². The van der Waals surface area contributed by atoms with Gasteiger partial charge in [0.1, 0.15) is 12.4 Å². The van der Waals surface area contributed by atoms with Crippen molar-refractivity contribution in [3.63, 3.8) is 0 Å². The summed E-state index contributed by atoms with van der Waals surface area (Å²) >= 11 is 0. The first-order valence-corrected chi connectivity index (χ1v) is 6.80. The number of halogens is 1. The first kappa shape index (κ1) is 15.7. The molecule has 114 valence electrons. The van der Waals surface area contributed by atoms with Gasteiger partial charge in [0.15, 0.2) is 0 Å². The average molecular weight is 302 g/mol. The Hall–Kier alpha value is -2.69. The van der Waals surface area contributed by atoms with Crippen molar-refractivity contribution in [3.05, 3.63) is 71.0 Å². The number of hydrogen-bond acceptors (Lipinski definition) is 4. The summed E-state index contributed by atoms with van der Waals surface area (Å²) in [7, 11) is 0. The van der Waals surface area contributed by atoms with Gasteiger partial charge in [-0.2, -0.15) is 0 Å². The van der Waals surface area contributed by atoms with E-state index in [1.54, 1.807) is 31.2 Å². The fourth-order valence-corrected chi connectivity index (χ4v) is 1.88. The lowest BCUT2D eigenvalue weighted by atomic mass is 10.1. The quantitative estimate of drug-likeness (QED) is 0.795. The number of esters is 2. The lowest BCUT2D eigenvalue weighted by Gasteiger charge is -2.09. The molecule has 2 aromatic rings. The normalized spacial score (nSPS) is 10.1. The Morgan fingerprint density at radius 3 is 2.05 bits per heavy atom. The van der Waals surface area contributed by atoms with Crippen LogP contribution in [-0.4, -0.2) is 18.5 Å². The maximum Gasteiger partial charge on any atom is 0.339 e. The van der Waals surface area contributed by atoms with Crippen LogP contribution in [0, 0.1) is 5.82 Å². The molecule has 0 fully saturated rings. The average Bonchev–Trinajstić information content (AvgIpc) is 2.54. The van der Waals surface area contributed by atoms with E-state index in [0.29, 0.717) is 0 Å². The molecule has 22 heavy (non-hydrogen) atoms. The van der Waals surface area contributed by atoms with Crippen LogP contribution in [0.2, 0.25) is 0 Å². The molecule has 0 N–H and O–H groups in total. The molecule has 0 radical (unpaired) electrons. The largest absolute Gasteiger partial charge is 0.462 e. The number of hydrogen-bond donors (Lipinski definition) is 0. The molecular weight excluding hydrogens is 287 g/mol. The van der Waals surface area contributed by atoms with Crippen molar-refractivity contribution in [2.75, 3.05) is 6.61 Å². The molecule has 2 rings (SSSR count). The molecule has 0 atom stereocenters. The summed E-state index contributed by atoms with van der Waals surface area (Å²) in [6, 6.07) is 12.2. The van der Waals surface area contributed by atoms with Gasteiger partial charge in [-0.3, -0.25) is 0 Å². The third-order valence-electron chi connectivity index (χ3n) is 2.96. The molecule has 2 aromatic carbocycles. The van der Waals surface area contributed by atoms with Gasteiger partial charge in [0.2, 0.25) is 0 Å². The van der Waals surface area contributed by atoms with Crippen molar-refractivity contribution in [2.45, 2.75) is 13.5 Å². The highest BCUT2D eigenvalue weighted by molar-refractivity contribution is 6.03. The van der Waals surface area contributed by atoms with Crippen LogP contribution in [0.3, 0.4) is 0 Å². The number of carbonyl (C=O) groups is 2. The van der Waals surface area contributed by atoms with Crippen molar-refractivity contribution >= 4 is 11.9 Å². The molecule has 0 spiro atoms. The summed E-state index contributed by atoms with van der Waals surface area (Å²) in [5.41, 5.74) is 0.490. The van der Waals surface area contributed by atoms with Crippen molar-refractivity contribution in [1.82, 2.24) is 0 Å². The topological polar surface area (TPSA) is 52.6 Å². The standard InChI is InChI=1S/C17H15FO4/c1-2-21-16(19)13-8-4-5-9-14(13)17(20)22-11-12-7-3-6-10-15(12)18/h3-10H,2,11H2,1H3. The Labute approximate surface area is 127 Å². The zero-order valence-electron chi connectivity index (χ0n) is 12.0. The number of carbonyl (C=O) groups excluding carboxylic acids is 2. The highest BCUT2D eigenvalue weighted by atomic mass is 19.1. The summed E-state index contributed by atoms with van der Waals surface area (Å²) in [5.74, 6) is -1.75. The maximum atomic E-state index is 13.5. The van der Waals surface area contributed by atoms with E-state index in [2.05, 4.69) is 0 Å². The minimum absolute atomic E-state index is 0.0947. The van der Waals surface area contributed by atoms with Gasteiger partial charge >= 0.3 is 11.9 Å². The summed E-state index contributed by atoms with van der Waals surface area (Å²) < 4.78 is 23.5. The molecule has 4 nitrogen and oxygen atoms in total. The summed E-state index contributed by atoms with van der Waals surface area (Å²) in [6.07, 6.45) is 0. The fourth-order valence-electron chi connectivity index (χ4n) is 1.88. The molecule has 0 aliphatic rings. The van der Waals surface area contributed by atoms with Crippen LogP contribution in [0.5, 0.6) is 0 Å². The van der Waals surface area contributed by atoms with Gasteiger partial charge in [-0.15, -0.1) is 0 Å². The molecule has 0 aliphatic carbocycles. The third kappa shape index (κ3) is 3.69. The zero-order chi connectivity index (χ0) is 15.9. The Kier molecular flexibility index (Phi) is 5.25. The number of ether oxygens (including phenoxy) is 2. The maximum absolute atomic E-state index is 13.5. The van der Waals surface area contributed by atoms with Gasteiger partial charge in [-0.1, -0.05) is 30.3 Å². The second-order valence-electron chi connectivity index (χ2n) is 4.43. The SMILES string of the molecule is CCOC(=O)c1ccccc1C(=O)OCc1ccccc1F. The van der Waals surface area contributed by atoms with Crippen LogP contribution in [-0.2, 0) is 16.1 Å². The van der Waals surface area contributed by atoms with E-state index in [0.717, 1.165) is 0 Å². The molecule has 0 unspecified atom stereocenters. The second-order valence-corrected chi connectivity index (χ2v) is 4.43. The molecule has 5 heteroatoms. The summed E-state index contributed by atoms with van der Waals surface area (Å²) in [6.45, 7) is 1.68. The van der Waals surface area contributed by atoms with E-state index in [9.17, 15) is 14.0 Å². The van der Waals surface area contributed by atoms with Gasteiger partial charge < -0.3 is 9.47 Å². The van der Waals surface area contributed by atoms with E-state index in [1.165, 1.54) is 24.3 Å². The monoisotopic (exact) mass is 302 g/mol. The minimum Gasteiger partial charge on any atom is -0.462 e. The Bertz CT molecular complexity index is 682. The summed E-state index contributed by atoms with van der Waals surface area (Å²) in [5, 5.41) is 0. The molecular formula is C17H15FO4. The molecule has 0 amide bonds. The van der Waals surface area contributed by atoms with Gasteiger partial charge in [0.05, 0.1) is 17.7 Å². The van der Waals surface area contributed by atoms with Crippen LogP contribution in [0.25, 0.3) is 0 Å². The predicted molar refractivity (Wildman–Crippen MR) is 77.9 cm³/mol. The molecule has 0 bridgehead atoms. The Balaban J connectivity index is 2.13. The highest BCUT2D eigenvalue weighted by Gasteiger charge is 2.19. The minimum atomic E-state index is -0.702. The van der Waals surface area contributed by atoms with E-state index >= 15 is 0 Å². The molecule has 0 saturated heterocycles. The first-order valence-electron chi connectivity index (χ1n) is 6.80. The highest BCUT2D eigenvalue weighted by Crippen LogP contribution is 2.14. The molecule has 0 saturated carbocycles. The molecule has 0 heterocycles. The number of benzene rings is 2. The van der Waals surface area contributed by atoms with Crippen LogP contribution in [0.4, 0.5) is 4.39 Å². The fraction of sp³-hybridized carbons (Fsp3) is 0.176. The van der Waals surface area contributed by atoms with Gasteiger partial charge in [0.25, 0.3) is 0 Å². The number of rotatable bonds is 5. The van der Waals surface area contributed by atoms with Crippen LogP contribution >= 0.6 is 0 Å². The van der Waals surface area contributed by atoms with Gasteiger partial charge in [0, 0.05) is 5.56 Å². The Morgan fingerprint density at radius 1 is 0.909 bits per heavy atom. The van der Waals surface area contributed by atoms with Crippen LogP contribution in [0.15, 0.2) is 48.5 Å². The first-order chi connectivity index (χ1) is 10.6. The second kappa shape index (κ2) is 7.36. The smallest absolute Gasteiger partial charge is 0.339 e. The van der Waals surface area contributed by atoms with E-state index < -0.39 is 17.8 Å². The lowest BCUT2D eigenvalue weighted by molar-refractivity contribution is 0.0442.